The minimum Gasteiger partial charge on any atom is -0.470 e. The number of nitrogens with one attached hydrogen (secondary N) is 1. The highest BCUT2D eigenvalue weighted by atomic mass is 35.5. The normalized spacial score (nSPS) is 13.2. The number of carbonyl (C=O) groups excluding carboxylic acids is 1. The van der Waals surface area contributed by atoms with Crippen molar-refractivity contribution >= 4 is 56.9 Å². The Bertz CT molecular complexity index is 746. The van der Waals surface area contributed by atoms with Crippen molar-refractivity contribution in [3.8, 4) is 5.75 Å². The Hall–Kier alpha value is -1.44. The standard InChI is InChI=1S/C16H19ClN2O3S2/c1-16(2,9-18-21-3)19-14(20)15(23-4)22-10-7-12(17)11-5-6-24-13(11)8-10/h5-9,15H,1-4H3,(H,19,20). The van der Waals surface area contributed by atoms with E-state index >= 15 is 0 Å². The van der Waals surface area contributed by atoms with Crippen LogP contribution in [-0.2, 0) is 9.63 Å². The van der Waals surface area contributed by atoms with Crippen molar-refractivity contribution in [3.05, 3.63) is 28.6 Å². The van der Waals surface area contributed by atoms with Crippen LogP contribution in [0.4, 0.5) is 0 Å². The molecule has 0 spiro atoms. The lowest BCUT2D eigenvalue weighted by Gasteiger charge is -2.24. The van der Waals surface area contributed by atoms with Crippen molar-refractivity contribution in [1.29, 1.82) is 0 Å². The first kappa shape index (κ1) is 18.9. The Balaban J connectivity index is 2.12. The second kappa shape index (κ2) is 8.09. The molecule has 1 heterocycles. The summed E-state index contributed by atoms with van der Waals surface area (Å²) in [6.45, 7) is 3.64. The van der Waals surface area contributed by atoms with E-state index in [2.05, 4.69) is 15.3 Å². The highest BCUT2D eigenvalue weighted by molar-refractivity contribution is 7.99. The summed E-state index contributed by atoms with van der Waals surface area (Å²) in [4.78, 5) is 17.1. The van der Waals surface area contributed by atoms with E-state index in [1.165, 1.54) is 25.1 Å². The van der Waals surface area contributed by atoms with Gasteiger partial charge in [0.05, 0.1) is 16.8 Å². The molecule has 1 amide bonds. The van der Waals surface area contributed by atoms with Crippen LogP contribution in [0.2, 0.25) is 5.02 Å². The lowest BCUT2D eigenvalue weighted by molar-refractivity contribution is -0.125. The fourth-order valence-electron chi connectivity index (χ4n) is 2.00. The molecule has 1 aromatic heterocycles. The Kier molecular flexibility index (Phi) is 6.37. The highest BCUT2D eigenvalue weighted by Gasteiger charge is 2.26. The average Bonchev–Trinajstić information content (AvgIpc) is 2.99. The topological polar surface area (TPSA) is 59.9 Å². The average molecular weight is 387 g/mol. The van der Waals surface area contributed by atoms with Crippen molar-refractivity contribution in [3.63, 3.8) is 0 Å². The molecule has 1 aromatic carbocycles. The van der Waals surface area contributed by atoms with E-state index in [9.17, 15) is 4.79 Å². The number of amides is 1. The van der Waals surface area contributed by atoms with E-state index in [-0.39, 0.29) is 5.91 Å². The number of oxime groups is 1. The Morgan fingerprint density at radius 1 is 1.50 bits per heavy atom. The number of nitrogens with zero attached hydrogens (tertiary/aromatic N) is 1. The van der Waals surface area contributed by atoms with Gasteiger partial charge in [0.15, 0.2) is 0 Å². The van der Waals surface area contributed by atoms with Crippen molar-refractivity contribution in [2.75, 3.05) is 13.4 Å². The van der Waals surface area contributed by atoms with Crippen LogP contribution in [0.5, 0.6) is 5.75 Å². The van der Waals surface area contributed by atoms with E-state index in [0.29, 0.717) is 10.8 Å². The number of thioether (sulfide) groups is 1. The van der Waals surface area contributed by atoms with E-state index in [4.69, 9.17) is 16.3 Å². The monoisotopic (exact) mass is 386 g/mol. The third-order valence-electron chi connectivity index (χ3n) is 3.09. The van der Waals surface area contributed by atoms with Gasteiger partial charge >= 0.3 is 0 Å². The molecule has 2 rings (SSSR count). The number of fused-ring (bicyclic) bond motifs is 1. The highest BCUT2D eigenvalue weighted by Crippen LogP contribution is 2.33. The molecule has 0 aliphatic carbocycles. The van der Waals surface area contributed by atoms with Gasteiger partial charge in [-0.2, -0.15) is 0 Å². The Morgan fingerprint density at radius 2 is 2.25 bits per heavy atom. The molecule has 5 nitrogen and oxygen atoms in total. The number of hydrogen-bond donors (Lipinski definition) is 1. The fraction of sp³-hybridized carbons (Fsp3) is 0.375. The summed E-state index contributed by atoms with van der Waals surface area (Å²) < 4.78 is 6.85. The van der Waals surface area contributed by atoms with Gasteiger partial charge < -0.3 is 14.9 Å². The number of benzene rings is 1. The van der Waals surface area contributed by atoms with Gasteiger partial charge in [-0.15, -0.1) is 23.1 Å². The Labute approximate surface area is 154 Å². The van der Waals surface area contributed by atoms with Gasteiger partial charge in [-0.25, -0.2) is 0 Å². The summed E-state index contributed by atoms with van der Waals surface area (Å²) in [7, 11) is 1.45. The lowest BCUT2D eigenvalue weighted by atomic mass is 10.1. The Morgan fingerprint density at radius 3 is 2.92 bits per heavy atom. The van der Waals surface area contributed by atoms with Gasteiger partial charge in [0.1, 0.15) is 12.9 Å². The van der Waals surface area contributed by atoms with Gasteiger partial charge in [-0.1, -0.05) is 16.8 Å². The molecule has 0 saturated heterocycles. The molecule has 0 aliphatic heterocycles. The van der Waals surface area contributed by atoms with Crippen LogP contribution in [0.1, 0.15) is 13.8 Å². The third-order valence-corrected chi connectivity index (χ3v) is 5.01. The molecule has 0 bridgehead atoms. The number of thiophene rings is 1. The minimum atomic E-state index is -0.700. The quantitative estimate of drug-likeness (QED) is 0.441. The van der Waals surface area contributed by atoms with Crippen LogP contribution >= 0.6 is 34.7 Å². The molecule has 2 aromatic rings. The molecule has 1 N–H and O–H groups in total. The van der Waals surface area contributed by atoms with Crippen molar-refractivity contribution < 1.29 is 14.4 Å². The second-order valence-electron chi connectivity index (χ2n) is 5.55. The van der Waals surface area contributed by atoms with Crippen molar-refractivity contribution in [1.82, 2.24) is 5.32 Å². The zero-order valence-corrected chi connectivity index (χ0v) is 16.2. The maximum absolute atomic E-state index is 12.5. The zero-order chi connectivity index (χ0) is 17.7. The van der Waals surface area contributed by atoms with Gasteiger partial charge in [0.2, 0.25) is 5.44 Å². The predicted molar refractivity (Wildman–Crippen MR) is 102 cm³/mol. The third kappa shape index (κ3) is 4.78. The molecule has 1 unspecified atom stereocenters. The van der Waals surface area contributed by atoms with Crippen molar-refractivity contribution in [2.45, 2.75) is 24.8 Å². The summed E-state index contributed by atoms with van der Waals surface area (Å²) in [6, 6.07) is 5.58. The summed E-state index contributed by atoms with van der Waals surface area (Å²) in [5.41, 5.74) is -1.35. The first-order chi connectivity index (χ1) is 11.4. The smallest absolute Gasteiger partial charge is 0.272 e. The molecule has 0 aliphatic rings. The van der Waals surface area contributed by atoms with Gasteiger partial charge in [-0.05, 0) is 43.7 Å². The number of ether oxygens (including phenoxy) is 1. The maximum Gasteiger partial charge on any atom is 0.272 e. The molecule has 0 saturated carbocycles. The van der Waals surface area contributed by atoms with E-state index in [1.54, 1.807) is 17.4 Å². The number of halogens is 1. The zero-order valence-electron chi connectivity index (χ0n) is 13.8. The number of hydrogen-bond acceptors (Lipinski definition) is 6. The van der Waals surface area contributed by atoms with Crippen LogP contribution in [-0.4, -0.2) is 36.5 Å². The van der Waals surface area contributed by atoms with E-state index in [1.807, 2.05) is 37.6 Å². The number of carbonyl (C=O) groups is 1. The predicted octanol–water partition coefficient (Wildman–Crippen LogP) is 4.15. The van der Waals surface area contributed by atoms with Gasteiger partial charge in [0, 0.05) is 10.1 Å². The minimum absolute atomic E-state index is 0.252. The molecule has 0 fully saturated rings. The summed E-state index contributed by atoms with van der Waals surface area (Å²) in [5, 5.41) is 10.1. The van der Waals surface area contributed by atoms with Gasteiger partial charge in [-0.3, -0.25) is 4.79 Å². The number of rotatable bonds is 7. The first-order valence-electron chi connectivity index (χ1n) is 7.12. The summed E-state index contributed by atoms with van der Waals surface area (Å²) in [5.74, 6) is 0.310. The van der Waals surface area contributed by atoms with Crippen LogP contribution in [0.15, 0.2) is 28.7 Å². The first-order valence-corrected chi connectivity index (χ1v) is 9.67. The lowest BCUT2D eigenvalue weighted by Crippen LogP contribution is -2.49. The van der Waals surface area contributed by atoms with Gasteiger partial charge in [0.25, 0.3) is 5.91 Å². The molecule has 130 valence electrons. The summed E-state index contributed by atoms with van der Waals surface area (Å²) in [6.07, 6.45) is 3.34. The second-order valence-corrected chi connectivity index (χ2v) is 7.81. The van der Waals surface area contributed by atoms with E-state index < -0.39 is 11.0 Å². The molecular formula is C16H19ClN2O3S2. The SMILES string of the molecule is CON=CC(C)(C)NC(=O)C(Oc1cc(Cl)c2ccsc2c1)SC. The van der Waals surface area contributed by atoms with E-state index in [0.717, 1.165) is 10.1 Å². The molecule has 8 heteroatoms. The molecule has 1 atom stereocenters. The fourth-order valence-corrected chi connectivity index (χ4v) is 3.65. The van der Waals surface area contributed by atoms with Crippen molar-refractivity contribution in [2.24, 2.45) is 5.16 Å². The molecule has 24 heavy (non-hydrogen) atoms. The van der Waals surface area contributed by atoms with Crippen LogP contribution < -0.4 is 10.1 Å². The largest absolute Gasteiger partial charge is 0.470 e. The molecular weight excluding hydrogens is 368 g/mol. The molecule has 0 radical (unpaired) electrons. The van der Waals surface area contributed by atoms with Crippen LogP contribution in [0.3, 0.4) is 0 Å². The van der Waals surface area contributed by atoms with Crippen LogP contribution in [0, 0.1) is 0 Å². The summed E-state index contributed by atoms with van der Waals surface area (Å²) >= 11 is 9.14. The van der Waals surface area contributed by atoms with Crippen LogP contribution in [0.25, 0.3) is 10.1 Å². The maximum atomic E-state index is 12.5.